The van der Waals surface area contributed by atoms with E-state index in [1.807, 2.05) is 26.0 Å². The highest BCUT2D eigenvalue weighted by Crippen LogP contribution is 2.40. The number of imide groups is 1. The molecular weight excluding hydrogens is 360 g/mol. The van der Waals surface area contributed by atoms with Crippen LogP contribution in [0.4, 0.5) is 5.69 Å². The number of para-hydroxylation sites is 1. The van der Waals surface area contributed by atoms with Crippen molar-refractivity contribution in [3.05, 3.63) is 53.1 Å². The van der Waals surface area contributed by atoms with Crippen LogP contribution >= 0.6 is 0 Å². The van der Waals surface area contributed by atoms with E-state index in [1.165, 1.54) is 19.1 Å². The van der Waals surface area contributed by atoms with Crippen molar-refractivity contribution in [3.8, 4) is 11.5 Å². The molecule has 0 bridgehead atoms. The SMILES string of the molecule is COc1cccc(C2=NO[C@@H]3C(=O)N(c4cccc(C)c4C)C(=O)[C@H]23)c1OC. The number of nitrogens with zero attached hydrogens (tertiary/aromatic N) is 2. The van der Waals surface area contributed by atoms with Gasteiger partial charge in [0.05, 0.1) is 19.9 Å². The molecule has 4 rings (SSSR count). The maximum Gasteiger partial charge on any atom is 0.278 e. The van der Waals surface area contributed by atoms with Gasteiger partial charge < -0.3 is 14.3 Å². The van der Waals surface area contributed by atoms with E-state index >= 15 is 0 Å². The largest absolute Gasteiger partial charge is 0.493 e. The van der Waals surface area contributed by atoms with Gasteiger partial charge >= 0.3 is 0 Å². The highest BCUT2D eigenvalue weighted by Gasteiger charge is 2.56. The van der Waals surface area contributed by atoms with Crippen LogP contribution in [-0.4, -0.2) is 37.8 Å². The number of methoxy groups -OCH3 is 2. The van der Waals surface area contributed by atoms with E-state index in [9.17, 15) is 9.59 Å². The lowest BCUT2D eigenvalue weighted by Gasteiger charge is -2.19. The maximum atomic E-state index is 13.3. The van der Waals surface area contributed by atoms with E-state index in [1.54, 1.807) is 24.3 Å². The number of fused-ring (bicyclic) bond motifs is 1. The number of hydrogen-bond donors (Lipinski definition) is 0. The van der Waals surface area contributed by atoms with Gasteiger partial charge in [-0.1, -0.05) is 23.4 Å². The molecular formula is C21H20N2O5. The van der Waals surface area contributed by atoms with Gasteiger partial charge in [-0.05, 0) is 43.2 Å². The number of carbonyl (C=O) groups excluding carboxylic acids is 2. The first-order valence-electron chi connectivity index (χ1n) is 8.88. The Morgan fingerprint density at radius 1 is 1.00 bits per heavy atom. The number of amides is 2. The monoisotopic (exact) mass is 380 g/mol. The van der Waals surface area contributed by atoms with Crippen molar-refractivity contribution in [2.24, 2.45) is 11.1 Å². The summed E-state index contributed by atoms with van der Waals surface area (Å²) in [7, 11) is 3.04. The van der Waals surface area contributed by atoms with Crippen molar-refractivity contribution in [2.45, 2.75) is 20.0 Å². The second-order valence-electron chi connectivity index (χ2n) is 6.75. The zero-order valence-electron chi connectivity index (χ0n) is 16.1. The molecule has 7 nitrogen and oxygen atoms in total. The summed E-state index contributed by atoms with van der Waals surface area (Å²) in [4.78, 5) is 32.8. The van der Waals surface area contributed by atoms with Gasteiger partial charge in [-0.15, -0.1) is 0 Å². The number of carbonyl (C=O) groups is 2. The van der Waals surface area contributed by atoms with Crippen molar-refractivity contribution in [1.29, 1.82) is 0 Å². The van der Waals surface area contributed by atoms with Crippen molar-refractivity contribution in [3.63, 3.8) is 0 Å². The quantitative estimate of drug-likeness (QED) is 0.762. The molecule has 2 heterocycles. The second kappa shape index (κ2) is 6.67. The van der Waals surface area contributed by atoms with Crippen molar-refractivity contribution < 1.29 is 23.9 Å². The zero-order valence-corrected chi connectivity index (χ0v) is 16.1. The lowest BCUT2D eigenvalue weighted by Crippen LogP contribution is -2.33. The molecule has 0 N–H and O–H groups in total. The fourth-order valence-electron chi connectivity index (χ4n) is 3.70. The van der Waals surface area contributed by atoms with E-state index in [-0.39, 0.29) is 5.91 Å². The molecule has 0 aliphatic carbocycles. The second-order valence-corrected chi connectivity index (χ2v) is 6.75. The number of benzene rings is 2. The van der Waals surface area contributed by atoms with Crippen LogP contribution in [0.5, 0.6) is 11.5 Å². The molecule has 2 aliphatic rings. The number of rotatable bonds is 4. The molecule has 2 aliphatic heterocycles. The van der Waals surface area contributed by atoms with Gasteiger partial charge in [0.1, 0.15) is 11.6 Å². The molecule has 2 aromatic carbocycles. The lowest BCUT2D eigenvalue weighted by atomic mass is 9.93. The Labute approximate surface area is 162 Å². The lowest BCUT2D eigenvalue weighted by molar-refractivity contribution is -0.126. The molecule has 1 fully saturated rings. The summed E-state index contributed by atoms with van der Waals surface area (Å²) >= 11 is 0. The van der Waals surface area contributed by atoms with Gasteiger partial charge in [-0.2, -0.15) is 0 Å². The van der Waals surface area contributed by atoms with E-state index in [0.717, 1.165) is 11.1 Å². The number of ether oxygens (including phenoxy) is 2. The van der Waals surface area contributed by atoms with Crippen LogP contribution in [0.2, 0.25) is 0 Å². The summed E-state index contributed by atoms with van der Waals surface area (Å²) in [5.74, 6) is -0.643. The third-order valence-electron chi connectivity index (χ3n) is 5.31. The highest BCUT2D eigenvalue weighted by atomic mass is 16.7. The average molecular weight is 380 g/mol. The Balaban J connectivity index is 1.77. The van der Waals surface area contributed by atoms with Crippen molar-refractivity contribution in [1.82, 2.24) is 0 Å². The summed E-state index contributed by atoms with van der Waals surface area (Å²) in [6.07, 6.45) is -0.974. The molecule has 28 heavy (non-hydrogen) atoms. The Morgan fingerprint density at radius 2 is 1.75 bits per heavy atom. The van der Waals surface area contributed by atoms with Crippen LogP contribution in [0.1, 0.15) is 16.7 Å². The molecule has 2 aromatic rings. The van der Waals surface area contributed by atoms with Crippen LogP contribution in [0.25, 0.3) is 0 Å². The van der Waals surface area contributed by atoms with E-state index in [4.69, 9.17) is 14.3 Å². The Morgan fingerprint density at radius 3 is 2.46 bits per heavy atom. The molecule has 0 spiro atoms. The van der Waals surface area contributed by atoms with Gasteiger partial charge in [0.15, 0.2) is 11.5 Å². The predicted octanol–water partition coefficient (Wildman–Crippen LogP) is 2.61. The average Bonchev–Trinajstić information content (AvgIpc) is 3.24. The third-order valence-corrected chi connectivity index (χ3v) is 5.31. The fourth-order valence-corrected chi connectivity index (χ4v) is 3.70. The van der Waals surface area contributed by atoms with Crippen LogP contribution in [-0.2, 0) is 14.4 Å². The zero-order chi connectivity index (χ0) is 20.0. The third kappa shape index (κ3) is 2.46. The summed E-state index contributed by atoms with van der Waals surface area (Å²) in [5, 5.41) is 4.06. The minimum Gasteiger partial charge on any atom is -0.493 e. The summed E-state index contributed by atoms with van der Waals surface area (Å²) < 4.78 is 10.8. The first-order chi connectivity index (χ1) is 13.5. The molecule has 0 aromatic heterocycles. The molecule has 0 radical (unpaired) electrons. The minimum absolute atomic E-state index is 0.357. The van der Waals surface area contributed by atoms with Gasteiger partial charge in [0.25, 0.3) is 5.91 Å². The molecule has 7 heteroatoms. The van der Waals surface area contributed by atoms with E-state index in [2.05, 4.69) is 5.16 Å². The Bertz CT molecular complexity index is 1010. The molecule has 0 saturated carbocycles. The molecule has 2 amide bonds. The molecule has 2 atom stereocenters. The summed E-state index contributed by atoms with van der Waals surface area (Å²) in [6.45, 7) is 3.83. The van der Waals surface area contributed by atoms with Crippen LogP contribution in [0.15, 0.2) is 41.6 Å². The number of hydrogen-bond acceptors (Lipinski definition) is 6. The normalized spacial score (nSPS) is 20.7. The standard InChI is InChI=1S/C21H20N2O5/c1-11-7-5-9-14(12(11)2)23-20(24)16-17(22-28-19(16)21(23)25)13-8-6-10-15(26-3)18(13)27-4/h5-10,16,19H,1-4H3/t16-,19+/m1/s1. The fraction of sp³-hybridized carbons (Fsp3) is 0.286. The molecule has 144 valence electrons. The van der Waals surface area contributed by atoms with Gasteiger partial charge in [0.2, 0.25) is 12.0 Å². The van der Waals surface area contributed by atoms with Crippen LogP contribution in [0, 0.1) is 19.8 Å². The van der Waals surface area contributed by atoms with Crippen molar-refractivity contribution >= 4 is 23.2 Å². The topological polar surface area (TPSA) is 77.4 Å². The van der Waals surface area contributed by atoms with Gasteiger partial charge in [-0.3, -0.25) is 9.59 Å². The first-order valence-corrected chi connectivity index (χ1v) is 8.88. The van der Waals surface area contributed by atoms with E-state index < -0.39 is 17.9 Å². The van der Waals surface area contributed by atoms with E-state index in [0.29, 0.717) is 28.5 Å². The molecule has 0 unspecified atom stereocenters. The van der Waals surface area contributed by atoms with Crippen molar-refractivity contribution in [2.75, 3.05) is 19.1 Å². The number of anilines is 1. The highest BCUT2D eigenvalue weighted by molar-refractivity contribution is 6.33. The number of oxime groups is 1. The summed E-state index contributed by atoms with van der Waals surface area (Å²) in [6, 6.07) is 10.8. The maximum absolute atomic E-state index is 13.3. The summed E-state index contributed by atoms with van der Waals surface area (Å²) in [5.41, 5.74) is 3.39. The van der Waals surface area contributed by atoms with Gasteiger partial charge in [0, 0.05) is 5.56 Å². The van der Waals surface area contributed by atoms with Crippen LogP contribution in [0.3, 0.4) is 0 Å². The Kier molecular flexibility index (Phi) is 4.30. The Hall–Kier alpha value is -3.35. The smallest absolute Gasteiger partial charge is 0.278 e. The van der Waals surface area contributed by atoms with Gasteiger partial charge in [-0.25, -0.2) is 4.90 Å². The first kappa shape index (κ1) is 18.0. The molecule has 1 saturated heterocycles. The number of aryl methyl sites for hydroxylation is 1. The minimum atomic E-state index is -0.974. The van der Waals surface area contributed by atoms with Crippen LogP contribution < -0.4 is 14.4 Å². The predicted molar refractivity (Wildman–Crippen MR) is 103 cm³/mol.